The van der Waals surface area contributed by atoms with Crippen LogP contribution < -0.4 is 18.9 Å². The van der Waals surface area contributed by atoms with Crippen LogP contribution in [-0.2, 0) is 4.79 Å². The summed E-state index contributed by atoms with van der Waals surface area (Å²) in [6.45, 7) is 2.91. The number of ether oxygens (including phenoxy) is 4. The molecule has 0 aliphatic heterocycles. The average Bonchev–Trinajstić information content (AvgIpc) is 2.36. The van der Waals surface area contributed by atoms with E-state index in [9.17, 15) is 4.79 Å². The molecule has 6 heteroatoms. The number of hydrogen-bond donors (Lipinski definition) is 1. The molecule has 1 N–H and O–H groups in total. The number of carboxylic acids is 1. The van der Waals surface area contributed by atoms with Crippen LogP contribution in [0.3, 0.4) is 0 Å². The van der Waals surface area contributed by atoms with E-state index in [-0.39, 0.29) is 0 Å². The van der Waals surface area contributed by atoms with Crippen LogP contribution in [-0.4, -0.2) is 38.0 Å². The molecule has 1 aromatic rings. The van der Waals surface area contributed by atoms with E-state index in [0.29, 0.717) is 23.0 Å². The third-order valence-electron chi connectivity index (χ3n) is 2.53. The minimum atomic E-state index is -1.36. The van der Waals surface area contributed by atoms with Crippen molar-refractivity contribution in [3.63, 3.8) is 0 Å². The molecule has 0 saturated heterocycles. The lowest BCUT2D eigenvalue weighted by molar-refractivity contribution is -0.152. The van der Waals surface area contributed by atoms with Gasteiger partial charge in [0.1, 0.15) is 5.75 Å². The fourth-order valence-corrected chi connectivity index (χ4v) is 1.45. The second-order valence-corrected chi connectivity index (χ2v) is 4.28. The highest BCUT2D eigenvalue weighted by Crippen LogP contribution is 2.41. The van der Waals surface area contributed by atoms with E-state index >= 15 is 0 Å². The first kappa shape index (κ1) is 14.9. The summed E-state index contributed by atoms with van der Waals surface area (Å²) in [6.07, 6.45) is 0. The minimum absolute atomic E-state index is 0.321. The second kappa shape index (κ2) is 5.69. The highest BCUT2D eigenvalue weighted by atomic mass is 16.5. The number of aliphatic carboxylic acids is 1. The number of rotatable bonds is 6. The van der Waals surface area contributed by atoms with Crippen molar-refractivity contribution in [1.29, 1.82) is 0 Å². The quantitative estimate of drug-likeness (QED) is 0.851. The Hall–Kier alpha value is -2.11. The van der Waals surface area contributed by atoms with Gasteiger partial charge in [-0.1, -0.05) is 0 Å². The van der Waals surface area contributed by atoms with Crippen molar-refractivity contribution >= 4 is 5.97 Å². The van der Waals surface area contributed by atoms with Crippen LogP contribution in [0.2, 0.25) is 0 Å². The Bertz CT molecular complexity index is 441. The number of methoxy groups -OCH3 is 3. The van der Waals surface area contributed by atoms with Gasteiger partial charge in [0.25, 0.3) is 0 Å². The first-order chi connectivity index (χ1) is 8.85. The molecule has 0 aliphatic carbocycles. The highest BCUT2D eigenvalue weighted by Gasteiger charge is 2.30. The first-order valence-corrected chi connectivity index (χ1v) is 5.58. The molecule has 0 aliphatic rings. The van der Waals surface area contributed by atoms with Crippen molar-refractivity contribution < 1.29 is 28.8 Å². The van der Waals surface area contributed by atoms with Crippen molar-refractivity contribution in [3.05, 3.63) is 12.1 Å². The van der Waals surface area contributed by atoms with E-state index < -0.39 is 11.6 Å². The molecule has 0 atom stereocenters. The van der Waals surface area contributed by atoms with Gasteiger partial charge in [0.15, 0.2) is 17.1 Å². The zero-order valence-electron chi connectivity index (χ0n) is 11.6. The second-order valence-electron chi connectivity index (χ2n) is 4.28. The summed E-state index contributed by atoms with van der Waals surface area (Å²) < 4.78 is 20.9. The predicted octanol–water partition coefficient (Wildman–Crippen LogP) is 1.95. The van der Waals surface area contributed by atoms with Crippen LogP contribution in [0.15, 0.2) is 12.1 Å². The van der Waals surface area contributed by atoms with Crippen molar-refractivity contribution in [3.8, 4) is 23.0 Å². The SMILES string of the molecule is COc1cc(OC(C)(C)C(=O)O)cc(OC)c1OC. The molecule has 0 radical (unpaired) electrons. The van der Waals surface area contributed by atoms with Gasteiger partial charge in [0.05, 0.1) is 21.3 Å². The fraction of sp³-hybridized carbons (Fsp3) is 0.462. The molecule has 106 valence electrons. The zero-order chi connectivity index (χ0) is 14.6. The van der Waals surface area contributed by atoms with E-state index in [2.05, 4.69) is 0 Å². The van der Waals surface area contributed by atoms with Crippen LogP contribution in [0, 0.1) is 0 Å². The summed E-state index contributed by atoms with van der Waals surface area (Å²) in [7, 11) is 4.44. The maximum absolute atomic E-state index is 11.0. The van der Waals surface area contributed by atoms with Crippen molar-refractivity contribution in [2.75, 3.05) is 21.3 Å². The van der Waals surface area contributed by atoms with Gasteiger partial charge < -0.3 is 24.1 Å². The van der Waals surface area contributed by atoms with Gasteiger partial charge in [-0.25, -0.2) is 4.79 Å². The average molecular weight is 270 g/mol. The fourth-order valence-electron chi connectivity index (χ4n) is 1.45. The van der Waals surface area contributed by atoms with Gasteiger partial charge in [-0.3, -0.25) is 0 Å². The van der Waals surface area contributed by atoms with Crippen LogP contribution in [0.1, 0.15) is 13.8 Å². The predicted molar refractivity (Wildman–Crippen MR) is 68.4 cm³/mol. The van der Waals surface area contributed by atoms with Crippen LogP contribution in [0.4, 0.5) is 0 Å². The van der Waals surface area contributed by atoms with E-state index in [1.165, 1.54) is 35.2 Å². The Kier molecular flexibility index (Phi) is 4.47. The normalized spacial score (nSPS) is 10.8. The van der Waals surface area contributed by atoms with Gasteiger partial charge in [-0.15, -0.1) is 0 Å². The third kappa shape index (κ3) is 3.21. The monoisotopic (exact) mass is 270 g/mol. The molecule has 1 aromatic carbocycles. The van der Waals surface area contributed by atoms with Gasteiger partial charge in [-0.2, -0.15) is 0 Å². The van der Waals surface area contributed by atoms with Crippen molar-refractivity contribution in [1.82, 2.24) is 0 Å². The first-order valence-electron chi connectivity index (χ1n) is 5.58. The summed E-state index contributed by atoms with van der Waals surface area (Å²) in [5, 5.41) is 9.04. The summed E-state index contributed by atoms with van der Waals surface area (Å²) >= 11 is 0. The van der Waals surface area contributed by atoms with Crippen LogP contribution >= 0.6 is 0 Å². The van der Waals surface area contributed by atoms with Crippen molar-refractivity contribution in [2.45, 2.75) is 19.4 Å². The minimum Gasteiger partial charge on any atom is -0.493 e. The van der Waals surface area contributed by atoms with Crippen molar-refractivity contribution in [2.24, 2.45) is 0 Å². The van der Waals surface area contributed by atoms with E-state index in [4.69, 9.17) is 24.1 Å². The van der Waals surface area contributed by atoms with Gasteiger partial charge in [-0.05, 0) is 13.8 Å². The number of hydrogen-bond acceptors (Lipinski definition) is 5. The number of carboxylic acid groups (broad SMARTS) is 1. The Balaban J connectivity index is 3.20. The molecule has 0 bridgehead atoms. The van der Waals surface area contributed by atoms with Crippen LogP contribution in [0.25, 0.3) is 0 Å². The molecule has 0 saturated carbocycles. The van der Waals surface area contributed by atoms with Gasteiger partial charge in [0, 0.05) is 12.1 Å². The molecule has 0 fully saturated rings. The lowest BCUT2D eigenvalue weighted by Gasteiger charge is -2.23. The summed E-state index contributed by atoms with van der Waals surface area (Å²) in [4.78, 5) is 11.0. The molecule has 0 heterocycles. The zero-order valence-corrected chi connectivity index (χ0v) is 11.6. The lowest BCUT2D eigenvalue weighted by atomic mass is 10.1. The topological polar surface area (TPSA) is 74.2 Å². The Morgan fingerprint density at radius 2 is 1.53 bits per heavy atom. The summed E-state index contributed by atoms with van der Waals surface area (Å²) in [5.74, 6) is 0.477. The highest BCUT2D eigenvalue weighted by molar-refractivity contribution is 5.77. The van der Waals surface area contributed by atoms with Gasteiger partial charge >= 0.3 is 5.97 Å². The molecule has 0 aromatic heterocycles. The Morgan fingerprint density at radius 3 is 1.84 bits per heavy atom. The molecule has 6 nitrogen and oxygen atoms in total. The third-order valence-corrected chi connectivity index (χ3v) is 2.53. The molecule has 19 heavy (non-hydrogen) atoms. The maximum Gasteiger partial charge on any atom is 0.347 e. The summed E-state index contributed by atoms with van der Waals surface area (Å²) in [5.41, 5.74) is -1.36. The van der Waals surface area contributed by atoms with E-state index in [0.717, 1.165) is 0 Å². The number of carbonyl (C=O) groups is 1. The van der Waals surface area contributed by atoms with Crippen LogP contribution in [0.5, 0.6) is 23.0 Å². The molecule has 0 spiro atoms. The maximum atomic E-state index is 11.0. The molecule has 0 amide bonds. The summed E-state index contributed by atoms with van der Waals surface area (Å²) in [6, 6.07) is 3.10. The van der Waals surface area contributed by atoms with Gasteiger partial charge in [0.2, 0.25) is 5.75 Å². The molecular weight excluding hydrogens is 252 g/mol. The largest absolute Gasteiger partial charge is 0.493 e. The number of benzene rings is 1. The molecule has 1 rings (SSSR count). The van der Waals surface area contributed by atoms with E-state index in [1.54, 1.807) is 12.1 Å². The standard InChI is InChI=1S/C13H18O6/c1-13(2,12(14)15)19-8-6-9(16-3)11(18-5)10(7-8)17-4/h6-7H,1-5H3,(H,14,15). The lowest BCUT2D eigenvalue weighted by Crippen LogP contribution is -2.37. The molecule has 0 unspecified atom stereocenters. The molecular formula is C13H18O6. The smallest absolute Gasteiger partial charge is 0.347 e. The van der Waals surface area contributed by atoms with E-state index in [1.807, 2.05) is 0 Å². The Morgan fingerprint density at radius 1 is 1.05 bits per heavy atom. The Labute approximate surface area is 111 Å².